The molecule has 2 amide bonds. The van der Waals surface area contributed by atoms with Crippen molar-refractivity contribution in [1.82, 2.24) is 5.32 Å². The molecule has 5 heteroatoms. The first-order chi connectivity index (χ1) is 9.54. The molecular weight excluding hydrogens is 272 g/mol. The van der Waals surface area contributed by atoms with E-state index >= 15 is 0 Å². The van der Waals surface area contributed by atoms with Gasteiger partial charge in [-0.3, -0.25) is 0 Å². The minimum Gasteiger partial charge on any atom is -0.389 e. The second-order valence-corrected chi connectivity index (χ2v) is 6.62. The predicted octanol–water partition coefficient (Wildman–Crippen LogP) is 3.15. The molecule has 1 fully saturated rings. The molecule has 110 valence electrons. The van der Waals surface area contributed by atoms with Gasteiger partial charge in [-0.15, -0.1) is 0 Å². The summed E-state index contributed by atoms with van der Waals surface area (Å²) >= 11 is 1.84. The first-order valence-electron chi connectivity index (χ1n) is 6.93. The van der Waals surface area contributed by atoms with Crippen molar-refractivity contribution in [2.45, 2.75) is 37.0 Å². The van der Waals surface area contributed by atoms with Crippen molar-refractivity contribution < 1.29 is 9.90 Å². The number of carbonyl (C=O) groups is 1. The van der Waals surface area contributed by atoms with Gasteiger partial charge in [0.15, 0.2) is 0 Å². The van der Waals surface area contributed by atoms with E-state index < -0.39 is 6.10 Å². The Hall–Kier alpha value is -1.20. The van der Waals surface area contributed by atoms with E-state index in [2.05, 4.69) is 16.9 Å². The number of aliphatic hydroxyl groups excluding tert-OH is 1. The molecule has 0 radical (unpaired) electrons. The van der Waals surface area contributed by atoms with Gasteiger partial charge in [0.2, 0.25) is 0 Å². The van der Waals surface area contributed by atoms with Crippen molar-refractivity contribution in [2.24, 2.45) is 0 Å². The fraction of sp³-hybridized carbons (Fsp3) is 0.533. The molecule has 1 aromatic rings. The highest BCUT2D eigenvalue weighted by molar-refractivity contribution is 8.00. The molecule has 1 saturated carbocycles. The number of hydrogen-bond donors (Lipinski definition) is 3. The number of hydrogen-bond acceptors (Lipinski definition) is 3. The number of rotatable bonds is 5. The molecule has 0 bridgehead atoms. The Labute approximate surface area is 124 Å². The van der Waals surface area contributed by atoms with Gasteiger partial charge >= 0.3 is 6.03 Å². The third-order valence-corrected chi connectivity index (χ3v) is 5.34. The van der Waals surface area contributed by atoms with Crippen molar-refractivity contribution in [3.05, 3.63) is 29.8 Å². The lowest BCUT2D eigenvalue weighted by Gasteiger charge is -2.40. The van der Waals surface area contributed by atoms with Gasteiger partial charge in [0.1, 0.15) is 0 Å². The van der Waals surface area contributed by atoms with E-state index in [1.807, 2.05) is 23.9 Å². The molecule has 4 nitrogen and oxygen atoms in total. The monoisotopic (exact) mass is 294 g/mol. The van der Waals surface area contributed by atoms with Crippen molar-refractivity contribution in [2.75, 3.05) is 18.1 Å². The minimum absolute atomic E-state index is 0.171. The molecule has 0 aromatic heterocycles. The van der Waals surface area contributed by atoms with E-state index in [0.29, 0.717) is 6.54 Å². The maximum atomic E-state index is 11.9. The molecule has 0 saturated heterocycles. The van der Waals surface area contributed by atoms with Gasteiger partial charge in [-0.05, 0) is 43.7 Å². The molecule has 20 heavy (non-hydrogen) atoms. The molecule has 1 aliphatic carbocycles. The molecule has 0 aliphatic heterocycles. The summed E-state index contributed by atoms with van der Waals surface area (Å²) in [5.41, 5.74) is 1.57. The maximum Gasteiger partial charge on any atom is 0.319 e. The number of thioether (sulfide) groups is 1. The summed E-state index contributed by atoms with van der Waals surface area (Å²) in [5.74, 6) is 0. The zero-order valence-electron chi connectivity index (χ0n) is 12.0. The minimum atomic E-state index is -0.488. The lowest BCUT2D eigenvalue weighted by Crippen LogP contribution is -2.46. The predicted molar refractivity (Wildman–Crippen MR) is 84.2 cm³/mol. The molecule has 2 rings (SSSR count). The summed E-state index contributed by atoms with van der Waals surface area (Å²) in [6, 6.07) is 7.06. The van der Waals surface area contributed by atoms with Gasteiger partial charge in [-0.1, -0.05) is 18.6 Å². The molecule has 1 atom stereocenters. The summed E-state index contributed by atoms with van der Waals surface area (Å²) in [6.45, 7) is 2.43. The Kier molecular flexibility index (Phi) is 4.94. The number of urea groups is 1. The van der Waals surface area contributed by atoms with Crippen molar-refractivity contribution in [3.63, 3.8) is 0 Å². The Morgan fingerprint density at radius 2 is 2.05 bits per heavy atom. The number of carbonyl (C=O) groups excluding carboxylic acids is 1. The number of benzene rings is 1. The van der Waals surface area contributed by atoms with Gasteiger partial charge in [0, 0.05) is 17.0 Å². The van der Waals surface area contributed by atoms with E-state index in [1.54, 1.807) is 19.1 Å². The molecule has 0 heterocycles. The number of anilines is 1. The normalized spacial score (nSPS) is 17.9. The van der Waals surface area contributed by atoms with E-state index in [4.69, 9.17) is 0 Å². The maximum absolute atomic E-state index is 11.9. The summed E-state index contributed by atoms with van der Waals surface area (Å²) in [7, 11) is 0. The van der Waals surface area contributed by atoms with Crippen molar-refractivity contribution in [3.8, 4) is 0 Å². The standard InChI is InChI=1S/C15H22N2O2S/c1-11(18)12-4-6-13(7-5-12)17-14(19)16-10-15(20-2)8-3-9-15/h4-7,11,18H,3,8-10H2,1-2H3,(H2,16,17,19). The van der Waals surface area contributed by atoms with Crippen LogP contribution in [0.5, 0.6) is 0 Å². The van der Waals surface area contributed by atoms with Crippen molar-refractivity contribution >= 4 is 23.5 Å². The van der Waals surface area contributed by atoms with E-state index in [-0.39, 0.29) is 10.8 Å². The van der Waals surface area contributed by atoms with E-state index in [1.165, 1.54) is 19.3 Å². The number of aliphatic hydroxyl groups is 1. The topological polar surface area (TPSA) is 61.4 Å². The lowest BCUT2D eigenvalue weighted by molar-refractivity contribution is 0.199. The van der Waals surface area contributed by atoms with Gasteiger partial charge in [-0.2, -0.15) is 11.8 Å². The highest BCUT2D eigenvalue weighted by Crippen LogP contribution is 2.42. The Balaban J connectivity index is 1.82. The van der Waals surface area contributed by atoms with Crippen LogP contribution in [-0.4, -0.2) is 28.7 Å². The van der Waals surface area contributed by atoms with Gasteiger partial charge in [0.05, 0.1) is 6.10 Å². The average molecular weight is 294 g/mol. The second-order valence-electron chi connectivity index (χ2n) is 5.35. The van der Waals surface area contributed by atoms with Gasteiger partial charge in [-0.25, -0.2) is 4.79 Å². The Bertz CT molecular complexity index is 450. The number of amides is 2. The van der Waals surface area contributed by atoms with Gasteiger partial charge in [0.25, 0.3) is 0 Å². The van der Waals surface area contributed by atoms with E-state index in [0.717, 1.165) is 11.3 Å². The van der Waals surface area contributed by atoms with Crippen LogP contribution in [0.15, 0.2) is 24.3 Å². The molecule has 0 spiro atoms. The molecular formula is C15H22N2O2S. The van der Waals surface area contributed by atoms with Crippen molar-refractivity contribution in [1.29, 1.82) is 0 Å². The van der Waals surface area contributed by atoms with Crippen LogP contribution in [0.2, 0.25) is 0 Å². The van der Waals surface area contributed by atoms with Crippen LogP contribution in [0.3, 0.4) is 0 Å². The first kappa shape index (κ1) is 15.2. The number of nitrogens with one attached hydrogen (secondary N) is 2. The summed E-state index contributed by atoms with van der Waals surface area (Å²) in [6.07, 6.45) is 5.23. The smallest absolute Gasteiger partial charge is 0.319 e. The van der Waals surface area contributed by atoms with Crippen LogP contribution in [0.1, 0.15) is 37.9 Å². The van der Waals surface area contributed by atoms with Crippen LogP contribution in [0, 0.1) is 0 Å². The fourth-order valence-corrected chi connectivity index (χ4v) is 3.20. The zero-order chi connectivity index (χ0) is 14.6. The summed E-state index contributed by atoms with van der Waals surface area (Å²) in [5, 5.41) is 15.2. The largest absolute Gasteiger partial charge is 0.389 e. The molecule has 1 unspecified atom stereocenters. The average Bonchev–Trinajstić information content (AvgIpc) is 2.38. The second kappa shape index (κ2) is 6.50. The molecule has 1 aliphatic rings. The zero-order valence-corrected chi connectivity index (χ0v) is 12.8. The third kappa shape index (κ3) is 3.67. The van der Waals surface area contributed by atoms with Gasteiger partial charge < -0.3 is 15.7 Å². The molecule has 3 N–H and O–H groups in total. The third-order valence-electron chi connectivity index (χ3n) is 3.92. The Morgan fingerprint density at radius 1 is 1.40 bits per heavy atom. The highest BCUT2D eigenvalue weighted by Gasteiger charge is 2.36. The Morgan fingerprint density at radius 3 is 2.50 bits per heavy atom. The summed E-state index contributed by atoms with van der Waals surface area (Å²) in [4.78, 5) is 11.9. The van der Waals surface area contributed by atoms with E-state index in [9.17, 15) is 9.90 Å². The fourth-order valence-electron chi connectivity index (χ4n) is 2.29. The van der Waals surface area contributed by atoms with Crippen LogP contribution in [0.25, 0.3) is 0 Å². The SMILES string of the molecule is CSC1(CNC(=O)Nc2ccc(C(C)O)cc2)CCC1. The van der Waals surface area contributed by atoms with Crippen LogP contribution < -0.4 is 10.6 Å². The quantitative estimate of drug-likeness (QED) is 0.782. The van der Waals surface area contributed by atoms with Crippen LogP contribution >= 0.6 is 11.8 Å². The lowest BCUT2D eigenvalue weighted by atomic mass is 9.84. The highest BCUT2D eigenvalue weighted by atomic mass is 32.2. The van der Waals surface area contributed by atoms with Crippen LogP contribution in [0.4, 0.5) is 10.5 Å². The first-order valence-corrected chi connectivity index (χ1v) is 8.15. The summed E-state index contributed by atoms with van der Waals surface area (Å²) < 4.78 is 0.244. The van der Waals surface area contributed by atoms with Crippen LogP contribution in [-0.2, 0) is 0 Å². The molecule has 1 aromatic carbocycles.